The van der Waals surface area contributed by atoms with Gasteiger partial charge in [-0.3, -0.25) is 9.56 Å². The molecule has 0 saturated heterocycles. The van der Waals surface area contributed by atoms with Crippen LogP contribution in [-0.4, -0.2) is 25.5 Å². The molecule has 0 atom stereocenters. The number of pyridine rings is 1. The molecule has 0 spiro atoms. The Morgan fingerprint density at radius 2 is 2.04 bits per heavy atom. The van der Waals surface area contributed by atoms with E-state index in [0.29, 0.717) is 11.7 Å². The number of halogens is 1. The molecule has 1 aliphatic rings. The van der Waals surface area contributed by atoms with Crippen molar-refractivity contribution in [1.29, 1.82) is 0 Å². The molecule has 0 saturated carbocycles. The van der Waals surface area contributed by atoms with E-state index in [2.05, 4.69) is 40.3 Å². The second-order valence-corrected chi connectivity index (χ2v) is 6.43. The van der Waals surface area contributed by atoms with Crippen LogP contribution in [0.4, 0.5) is 0 Å². The van der Waals surface area contributed by atoms with Gasteiger partial charge in [-0.1, -0.05) is 49.2 Å². The molecule has 0 unspecified atom stereocenters. The highest BCUT2D eigenvalue weighted by Gasteiger charge is 2.22. The van der Waals surface area contributed by atoms with Crippen molar-refractivity contribution in [1.82, 2.24) is 19.7 Å². The third-order valence-electron chi connectivity index (χ3n) is 4.39. The standard InChI is InChI=1S/C19H18ClN5/c1-2-3-6-13-7-4-5-8-14(13)18-19-15(9-10-16(20)23-19)25-12-22-24-17(25)11-21-18/h4-5,7-10,12H,2-3,6,11H2,1H3. The van der Waals surface area contributed by atoms with Crippen LogP contribution in [0.5, 0.6) is 0 Å². The normalized spacial score (nSPS) is 13.0. The van der Waals surface area contributed by atoms with Crippen molar-refractivity contribution in [3.8, 4) is 5.69 Å². The molecule has 0 radical (unpaired) electrons. The minimum atomic E-state index is 0.453. The van der Waals surface area contributed by atoms with E-state index in [4.69, 9.17) is 16.6 Å². The Labute approximate surface area is 151 Å². The molecule has 0 bridgehead atoms. The van der Waals surface area contributed by atoms with Gasteiger partial charge in [0.05, 0.1) is 11.4 Å². The van der Waals surface area contributed by atoms with Crippen LogP contribution in [0.2, 0.25) is 5.15 Å². The van der Waals surface area contributed by atoms with E-state index in [1.165, 1.54) is 5.56 Å². The van der Waals surface area contributed by atoms with Gasteiger partial charge in [-0.15, -0.1) is 10.2 Å². The summed E-state index contributed by atoms with van der Waals surface area (Å²) in [6, 6.07) is 12.1. The summed E-state index contributed by atoms with van der Waals surface area (Å²) in [5, 5.41) is 8.64. The lowest BCUT2D eigenvalue weighted by Gasteiger charge is -2.13. The van der Waals surface area contributed by atoms with E-state index in [9.17, 15) is 0 Å². The summed E-state index contributed by atoms with van der Waals surface area (Å²) in [4.78, 5) is 9.42. The Bertz CT molecular complexity index is 944. The van der Waals surface area contributed by atoms with Gasteiger partial charge in [-0.05, 0) is 30.5 Å². The molecule has 4 rings (SSSR count). The predicted octanol–water partition coefficient (Wildman–Crippen LogP) is 4.01. The predicted molar refractivity (Wildman–Crippen MR) is 98.6 cm³/mol. The summed E-state index contributed by atoms with van der Waals surface area (Å²) >= 11 is 6.20. The number of aromatic nitrogens is 4. The third kappa shape index (κ3) is 2.96. The molecule has 126 valence electrons. The number of aryl methyl sites for hydroxylation is 1. The van der Waals surface area contributed by atoms with E-state index in [1.54, 1.807) is 12.4 Å². The molecule has 25 heavy (non-hydrogen) atoms. The smallest absolute Gasteiger partial charge is 0.159 e. The molecule has 6 heteroatoms. The quantitative estimate of drug-likeness (QED) is 0.667. The molecule has 1 aromatic carbocycles. The second-order valence-electron chi connectivity index (χ2n) is 6.04. The monoisotopic (exact) mass is 351 g/mol. The topological polar surface area (TPSA) is 56.0 Å². The highest BCUT2D eigenvalue weighted by Crippen LogP contribution is 2.26. The number of nitrogens with zero attached hydrogens (tertiary/aromatic N) is 5. The molecule has 0 aliphatic carbocycles. The van der Waals surface area contributed by atoms with Crippen LogP contribution < -0.4 is 0 Å². The van der Waals surface area contributed by atoms with Crippen LogP contribution in [0.15, 0.2) is 47.7 Å². The highest BCUT2D eigenvalue weighted by atomic mass is 35.5. The minimum Gasteiger partial charge on any atom is -0.282 e. The SMILES string of the molecule is CCCCc1ccccc1C1=NCc2nncn2-c2ccc(Cl)nc21. The largest absolute Gasteiger partial charge is 0.282 e. The van der Waals surface area contributed by atoms with Gasteiger partial charge in [0.15, 0.2) is 5.82 Å². The number of hydrogen-bond acceptors (Lipinski definition) is 4. The lowest BCUT2D eigenvalue weighted by Crippen LogP contribution is -2.12. The molecular weight excluding hydrogens is 334 g/mol. The van der Waals surface area contributed by atoms with Gasteiger partial charge in [0.25, 0.3) is 0 Å². The Hall–Kier alpha value is -2.53. The number of aliphatic imine (C=N–C) groups is 1. The fourth-order valence-corrected chi connectivity index (χ4v) is 3.29. The van der Waals surface area contributed by atoms with E-state index in [0.717, 1.165) is 47.7 Å². The Morgan fingerprint density at radius 3 is 2.92 bits per heavy atom. The molecule has 0 fully saturated rings. The number of rotatable bonds is 4. The van der Waals surface area contributed by atoms with Crippen molar-refractivity contribution >= 4 is 17.3 Å². The van der Waals surface area contributed by atoms with Crippen LogP contribution in [0.3, 0.4) is 0 Å². The number of hydrogen-bond donors (Lipinski definition) is 0. The van der Waals surface area contributed by atoms with Crippen molar-refractivity contribution in [2.75, 3.05) is 0 Å². The van der Waals surface area contributed by atoms with Gasteiger partial charge in [0.2, 0.25) is 0 Å². The Balaban J connectivity index is 1.90. The first-order valence-corrected chi connectivity index (χ1v) is 8.84. The average molecular weight is 352 g/mol. The Morgan fingerprint density at radius 1 is 1.16 bits per heavy atom. The summed E-state index contributed by atoms with van der Waals surface area (Å²) in [6.45, 7) is 2.67. The van der Waals surface area contributed by atoms with Crippen LogP contribution in [0.1, 0.15) is 42.4 Å². The fraction of sp³-hybridized carbons (Fsp3) is 0.263. The van der Waals surface area contributed by atoms with Gasteiger partial charge in [0, 0.05) is 5.56 Å². The number of benzene rings is 1. The van der Waals surface area contributed by atoms with Gasteiger partial charge in [-0.25, -0.2) is 4.98 Å². The van der Waals surface area contributed by atoms with E-state index in [1.807, 2.05) is 16.7 Å². The molecule has 0 N–H and O–H groups in total. The third-order valence-corrected chi connectivity index (χ3v) is 4.60. The van der Waals surface area contributed by atoms with E-state index in [-0.39, 0.29) is 0 Å². The average Bonchev–Trinajstić information content (AvgIpc) is 3.04. The van der Waals surface area contributed by atoms with E-state index < -0.39 is 0 Å². The summed E-state index contributed by atoms with van der Waals surface area (Å²) in [6.07, 6.45) is 5.02. The van der Waals surface area contributed by atoms with Crippen molar-refractivity contribution in [3.63, 3.8) is 0 Å². The van der Waals surface area contributed by atoms with Gasteiger partial charge in [-0.2, -0.15) is 0 Å². The molecule has 5 nitrogen and oxygen atoms in total. The van der Waals surface area contributed by atoms with E-state index >= 15 is 0 Å². The lowest BCUT2D eigenvalue weighted by atomic mass is 9.96. The summed E-state index contributed by atoms with van der Waals surface area (Å²) in [7, 11) is 0. The minimum absolute atomic E-state index is 0.453. The van der Waals surface area contributed by atoms with Crippen LogP contribution in [0.25, 0.3) is 5.69 Å². The molecule has 2 aromatic heterocycles. The van der Waals surface area contributed by atoms with Gasteiger partial charge >= 0.3 is 0 Å². The van der Waals surface area contributed by atoms with Gasteiger partial charge in [0.1, 0.15) is 23.7 Å². The molecular formula is C19H18ClN5. The lowest BCUT2D eigenvalue weighted by molar-refractivity contribution is 0.794. The summed E-state index contributed by atoms with van der Waals surface area (Å²) in [5.41, 5.74) is 4.95. The zero-order valence-electron chi connectivity index (χ0n) is 14.0. The Kier molecular flexibility index (Phi) is 4.32. The first-order valence-electron chi connectivity index (χ1n) is 8.47. The van der Waals surface area contributed by atoms with Crippen molar-refractivity contribution < 1.29 is 0 Å². The zero-order chi connectivity index (χ0) is 17.2. The summed E-state index contributed by atoms with van der Waals surface area (Å²) in [5.74, 6) is 0.798. The maximum atomic E-state index is 6.20. The molecule has 3 aromatic rings. The fourth-order valence-electron chi connectivity index (χ4n) is 3.14. The maximum absolute atomic E-state index is 6.20. The summed E-state index contributed by atoms with van der Waals surface area (Å²) < 4.78 is 1.93. The number of unbranched alkanes of at least 4 members (excludes halogenated alkanes) is 1. The first kappa shape index (κ1) is 16.0. The second kappa shape index (κ2) is 6.76. The molecule has 3 heterocycles. The first-order chi connectivity index (χ1) is 12.3. The van der Waals surface area contributed by atoms with Crippen LogP contribution in [0, 0.1) is 0 Å². The maximum Gasteiger partial charge on any atom is 0.159 e. The molecule has 1 aliphatic heterocycles. The highest BCUT2D eigenvalue weighted by molar-refractivity contribution is 6.30. The van der Waals surface area contributed by atoms with Crippen molar-refractivity contribution in [2.45, 2.75) is 32.7 Å². The molecule has 0 amide bonds. The zero-order valence-corrected chi connectivity index (χ0v) is 14.7. The number of fused-ring (bicyclic) bond motifs is 3. The van der Waals surface area contributed by atoms with Crippen molar-refractivity contribution in [2.24, 2.45) is 4.99 Å². The van der Waals surface area contributed by atoms with Gasteiger partial charge < -0.3 is 0 Å². The van der Waals surface area contributed by atoms with Crippen molar-refractivity contribution in [3.05, 3.63) is 70.5 Å². The van der Waals surface area contributed by atoms with Crippen LogP contribution in [-0.2, 0) is 13.0 Å². The van der Waals surface area contributed by atoms with Crippen LogP contribution >= 0.6 is 11.6 Å².